The normalized spacial score (nSPS) is 20.3. The molecule has 1 aliphatic rings. The van der Waals surface area contributed by atoms with E-state index >= 15 is 0 Å². The van der Waals surface area contributed by atoms with Crippen LogP contribution in [0.5, 0.6) is 0 Å². The summed E-state index contributed by atoms with van der Waals surface area (Å²) >= 11 is 0. The highest BCUT2D eigenvalue weighted by atomic mass is 19.4. The topological polar surface area (TPSA) is 89.4 Å². The van der Waals surface area contributed by atoms with E-state index in [0.29, 0.717) is 11.0 Å². The molecule has 0 aliphatic carbocycles. The lowest BCUT2D eigenvalue weighted by Gasteiger charge is -2.40. The van der Waals surface area contributed by atoms with E-state index in [9.17, 15) is 22.8 Å². The highest BCUT2D eigenvalue weighted by molar-refractivity contribution is 5.97. The van der Waals surface area contributed by atoms with E-state index in [1.807, 2.05) is 0 Å². The summed E-state index contributed by atoms with van der Waals surface area (Å²) in [6.07, 6.45) is -5.55. The maximum absolute atomic E-state index is 13.6. The van der Waals surface area contributed by atoms with Gasteiger partial charge in [-0.05, 0) is 51.8 Å². The van der Waals surface area contributed by atoms with Crippen LogP contribution in [0.2, 0.25) is 0 Å². The van der Waals surface area contributed by atoms with Crippen LogP contribution in [-0.2, 0) is 11.8 Å². The van der Waals surface area contributed by atoms with Gasteiger partial charge < -0.3 is 15.0 Å². The fourth-order valence-corrected chi connectivity index (χ4v) is 3.47. The molecule has 1 saturated heterocycles. The minimum Gasteiger partial charge on any atom is -0.444 e. The number of amides is 2. The number of nitrogens with one attached hydrogen (secondary N) is 1. The van der Waals surface area contributed by atoms with Crippen molar-refractivity contribution < 1.29 is 27.5 Å². The number of alkyl carbamates (subject to hydrolysis) is 1. The molecule has 2 heterocycles. The van der Waals surface area contributed by atoms with Gasteiger partial charge in [0.25, 0.3) is 5.91 Å². The van der Waals surface area contributed by atoms with Gasteiger partial charge in [0.05, 0.1) is 5.52 Å². The first-order valence-corrected chi connectivity index (χ1v) is 9.52. The Hall–Kier alpha value is -2.85. The average Bonchev–Trinajstić information content (AvgIpc) is 2.99. The van der Waals surface area contributed by atoms with Crippen LogP contribution in [0.1, 0.15) is 44.0 Å². The molecule has 0 saturated carbocycles. The van der Waals surface area contributed by atoms with E-state index < -0.39 is 35.9 Å². The summed E-state index contributed by atoms with van der Waals surface area (Å²) in [5, 5.41) is 10.3. The number of fused-ring (bicyclic) bond motifs is 1. The number of carbonyl (C=O) groups excluding carboxylic acids is 2. The number of halogens is 3. The molecule has 164 valence electrons. The molecule has 0 spiro atoms. The minimum absolute atomic E-state index is 0.0789. The van der Waals surface area contributed by atoms with Crippen molar-refractivity contribution >= 4 is 23.0 Å². The quantitative estimate of drug-likeness (QED) is 0.796. The largest absolute Gasteiger partial charge is 0.444 e. The maximum Gasteiger partial charge on any atom is 0.408 e. The molecule has 8 nitrogen and oxygen atoms in total. The van der Waals surface area contributed by atoms with Gasteiger partial charge in [-0.2, -0.15) is 13.2 Å². The van der Waals surface area contributed by atoms with Crippen molar-refractivity contribution in [3.8, 4) is 0 Å². The summed E-state index contributed by atoms with van der Waals surface area (Å²) in [6, 6.07) is 1.88. The summed E-state index contributed by atoms with van der Waals surface area (Å²) in [6.45, 7) is 4.78. The number of hydrogen-bond acceptors (Lipinski definition) is 5. The zero-order chi connectivity index (χ0) is 22.3. The molecule has 2 amide bonds. The number of nitrogens with zero attached hydrogens (tertiary/aromatic N) is 4. The Morgan fingerprint density at radius 1 is 1.20 bits per heavy atom. The van der Waals surface area contributed by atoms with Gasteiger partial charge in [-0.1, -0.05) is 5.21 Å². The van der Waals surface area contributed by atoms with Crippen LogP contribution in [0.3, 0.4) is 0 Å². The zero-order valence-electron chi connectivity index (χ0n) is 17.2. The molecular formula is C19H24F3N5O3. The number of piperidine rings is 1. The molecule has 0 unspecified atom stereocenters. The highest BCUT2D eigenvalue weighted by Crippen LogP contribution is 2.33. The molecule has 1 aromatic carbocycles. The molecule has 1 aromatic heterocycles. The summed E-state index contributed by atoms with van der Waals surface area (Å²) in [5.74, 6) is -0.777. The first-order valence-electron chi connectivity index (χ1n) is 9.52. The minimum atomic E-state index is -4.58. The number of likely N-dealkylation sites (tertiary alicyclic amines) is 1. The fraction of sp³-hybridized carbons (Fsp3) is 0.579. The number of ether oxygens (including phenoxy) is 1. The molecular weight excluding hydrogens is 403 g/mol. The van der Waals surface area contributed by atoms with E-state index in [-0.39, 0.29) is 24.9 Å². The second-order valence-corrected chi connectivity index (χ2v) is 8.35. The average molecular weight is 427 g/mol. The summed E-state index contributed by atoms with van der Waals surface area (Å²) in [7, 11) is 1.67. The van der Waals surface area contributed by atoms with Crippen LogP contribution in [0.25, 0.3) is 11.0 Å². The Bertz CT molecular complexity index is 951. The fourth-order valence-electron chi connectivity index (χ4n) is 3.47. The first kappa shape index (κ1) is 21.8. The van der Waals surface area contributed by atoms with E-state index in [1.54, 1.807) is 33.9 Å². The lowest BCUT2D eigenvalue weighted by atomic mass is 9.96. The molecule has 1 N–H and O–H groups in total. The molecule has 1 aliphatic heterocycles. The number of aryl methyl sites for hydroxylation is 1. The number of alkyl halides is 3. The third-order valence-electron chi connectivity index (χ3n) is 4.80. The Balaban J connectivity index is 1.82. The predicted molar refractivity (Wildman–Crippen MR) is 102 cm³/mol. The van der Waals surface area contributed by atoms with Gasteiger partial charge >= 0.3 is 12.3 Å². The van der Waals surface area contributed by atoms with Crippen LogP contribution < -0.4 is 5.32 Å². The van der Waals surface area contributed by atoms with E-state index in [4.69, 9.17) is 4.74 Å². The zero-order valence-corrected chi connectivity index (χ0v) is 17.2. The number of rotatable bonds is 2. The van der Waals surface area contributed by atoms with Crippen molar-refractivity contribution in [2.24, 2.45) is 7.05 Å². The summed E-state index contributed by atoms with van der Waals surface area (Å²) in [4.78, 5) is 25.8. The molecule has 2 aromatic rings. The van der Waals surface area contributed by atoms with E-state index in [2.05, 4.69) is 15.6 Å². The Labute approximate surface area is 171 Å². The lowest BCUT2D eigenvalue weighted by Crippen LogP contribution is -2.58. The Kier molecular flexibility index (Phi) is 5.66. The van der Waals surface area contributed by atoms with Crippen LogP contribution >= 0.6 is 0 Å². The van der Waals surface area contributed by atoms with Gasteiger partial charge in [-0.25, -0.2) is 9.48 Å². The number of hydrogen-bond donors (Lipinski definition) is 1. The van der Waals surface area contributed by atoms with Gasteiger partial charge in [0.2, 0.25) is 0 Å². The van der Waals surface area contributed by atoms with Gasteiger partial charge in [0.15, 0.2) is 0 Å². The van der Waals surface area contributed by atoms with Crippen LogP contribution in [0, 0.1) is 0 Å². The second-order valence-electron chi connectivity index (χ2n) is 8.35. The van der Waals surface area contributed by atoms with Crippen molar-refractivity contribution in [1.29, 1.82) is 0 Å². The SMILES string of the molecule is Cn1nnc2cc(C(=O)N3C[C@H](NC(=O)OC(C)(C)C)CC[C@H]3C(F)(F)F)ccc21. The molecule has 2 atom stereocenters. The number of aromatic nitrogens is 3. The summed E-state index contributed by atoms with van der Waals surface area (Å²) in [5.41, 5.74) is 0.402. The second kappa shape index (κ2) is 7.77. The maximum atomic E-state index is 13.6. The van der Waals surface area contributed by atoms with Gasteiger partial charge in [-0.15, -0.1) is 5.10 Å². The predicted octanol–water partition coefficient (Wildman–Crippen LogP) is 3.03. The van der Waals surface area contributed by atoms with Gasteiger partial charge in [0, 0.05) is 25.2 Å². The molecule has 11 heteroatoms. The monoisotopic (exact) mass is 427 g/mol. The number of carbonyl (C=O) groups is 2. The Morgan fingerprint density at radius 2 is 1.90 bits per heavy atom. The molecule has 30 heavy (non-hydrogen) atoms. The van der Waals surface area contributed by atoms with Gasteiger partial charge in [0.1, 0.15) is 17.2 Å². The first-order chi connectivity index (χ1) is 13.8. The molecule has 0 radical (unpaired) electrons. The van der Waals surface area contributed by atoms with E-state index in [0.717, 1.165) is 4.90 Å². The summed E-state index contributed by atoms with van der Waals surface area (Å²) < 4.78 is 47.5. The van der Waals surface area contributed by atoms with E-state index in [1.165, 1.54) is 16.8 Å². The highest BCUT2D eigenvalue weighted by Gasteiger charge is 2.48. The van der Waals surface area contributed by atoms with Crippen LogP contribution in [0.15, 0.2) is 18.2 Å². The number of benzene rings is 1. The standard InChI is InChI=1S/C19H24F3N5O3/c1-18(2,3)30-17(29)23-12-6-8-15(19(20,21)22)27(10-12)16(28)11-5-7-14-13(9-11)24-25-26(14)4/h5,7,9,12,15H,6,8,10H2,1-4H3,(H,23,29)/t12-,15+/m1/s1. The van der Waals surface area contributed by atoms with Crippen molar-refractivity contribution in [2.45, 2.75) is 57.5 Å². The van der Waals surface area contributed by atoms with Crippen molar-refractivity contribution in [1.82, 2.24) is 25.2 Å². The third kappa shape index (κ3) is 4.82. The smallest absolute Gasteiger partial charge is 0.408 e. The molecule has 3 rings (SSSR count). The van der Waals surface area contributed by atoms with Crippen LogP contribution in [0.4, 0.5) is 18.0 Å². The molecule has 1 fully saturated rings. The van der Waals surface area contributed by atoms with Crippen LogP contribution in [-0.4, -0.2) is 62.3 Å². The van der Waals surface area contributed by atoms with Crippen molar-refractivity contribution in [3.05, 3.63) is 23.8 Å². The van der Waals surface area contributed by atoms with Crippen molar-refractivity contribution in [2.75, 3.05) is 6.54 Å². The van der Waals surface area contributed by atoms with Crippen molar-refractivity contribution in [3.63, 3.8) is 0 Å². The lowest BCUT2D eigenvalue weighted by molar-refractivity contribution is -0.184. The van der Waals surface area contributed by atoms with Gasteiger partial charge in [-0.3, -0.25) is 4.79 Å². The third-order valence-corrected chi connectivity index (χ3v) is 4.80. The Morgan fingerprint density at radius 3 is 2.53 bits per heavy atom. The molecule has 0 bridgehead atoms.